The number of aromatic nitrogens is 4. The van der Waals surface area contributed by atoms with Crippen molar-refractivity contribution in [3.63, 3.8) is 0 Å². The molecule has 5 rings (SSSR count). The molecular formula is C25H27N5O. The molecule has 0 unspecified atom stereocenters. The average Bonchev–Trinajstić information content (AvgIpc) is 3.17. The third-order valence-corrected chi connectivity index (χ3v) is 6.23. The van der Waals surface area contributed by atoms with E-state index in [1.54, 1.807) is 0 Å². The molecular weight excluding hydrogens is 386 g/mol. The van der Waals surface area contributed by atoms with E-state index in [0.717, 1.165) is 41.2 Å². The Hall–Kier alpha value is -3.28. The maximum absolute atomic E-state index is 13.0. The van der Waals surface area contributed by atoms with Gasteiger partial charge in [-0.1, -0.05) is 62.4 Å². The van der Waals surface area contributed by atoms with Gasteiger partial charge < -0.3 is 5.32 Å². The van der Waals surface area contributed by atoms with E-state index in [-0.39, 0.29) is 5.78 Å². The fourth-order valence-corrected chi connectivity index (χ4v) is 4.56. The van der Waals surface area contributed by atoms with E-state index < -0.39 is 0 Å². The molecule has 0 radical (unpaired) electrons. The molecule has 1 fully saturated rings. The molecule has 2 aromatic carbocycles. The molecule has 0 amide bonds. The van der Waals surface area contributed by atoms with Crippen LogP contribution < -0.4 is 5.32 Å². The van der Waals surface area contributed by atoms with Crippen LogP contribution in [0.15, 0.2) is 48.5 Å². The summed E-state index contributed by atoms with van der Waals surface area (Å²) in [6.07, 6.45) is 8.77. The number of benzene rings is 2. The van der Waals surface area contributed by atoms with Crippen molar-refractivity contribution < 1.29 is 4.79 Å². The zero-order valence-corrected chi connectivity index (χ0v) is 17.8. The lowest BCUT2D eigenvalue weighted by molar-refractivity contribution is 0.103. The maximum Gasteiger partial charge on any atom is 0.204 e. The summed E-state index contributed by atoms with van der Waals surface area (Å²) in [5, 5.41) is 12.4. The highest BCUT2D eigenvalue weighted by Crippen LogP contribution is 2.26. The van der Waals surface area contributed by atoms with Gasteiger partial charge in [0.05, 0.1) is 11.0 Å². The van der Waals surface area contributed by atoms with Crippen molar-refractivity contribution >= 4 is 28.3 Å². The minimum Gasteiger partial charge on any atom is -0.364 e. The van der Waals surface area contributed by atoms with Gasteiger partial charge >= 0.3 is 0 Å². The van der Waals surface area contributed by atoms with Crippen molar-refractivity contribution in [3.05, 3.63) is 65.5 Å². The van der Waals surface area contributed by atoms with Gasteiger partial charge in [0.15, 0.2) is 11.6 Å². The van der Waals surface area contributed by atoms with Crippen LogP contribution in [0.1, 0.15) is 66.7 Å². The normalized spacial score (nSPS) is 15.6. The lowest BCUT2D eigenvalue weighted by Gasteiger charge is -2.22. The van der Waals surface area contributed by atoms with Crippen LogP contribution >= 0.6 is 0 Å². The van der Waals surface area contributed by atoms with Gasteiger partial charge in [-0.3, -0.25) is 9.20 Å². The number of anilines is 1. The number of carbonyl (C=O) groups excluding carboxylic acids is 1. The highest BCUT2D eigenvalue weighted by atomic mass is 16.1. The van der Waals surface area contributed by atoms with E-state index in [2.05, 4.69) is 15.5 Å². The molecule has 31 heavy (non-hydrogen) atoms. The van der Waals surface area contributed by atoms with Gasteiger partial charge in [-0.2, -0.15) is 0 Å². The molecule has 6 heteroatoms. The second-order valence-electron chi connectivity index (χ2n) is 8.45. The number of nitrogens with zero attached hydrogens (tertiary/aromatic N) is 4. The van der Waals surface area contributed by atoms with Crippen molar-refractivity contribution in [2.75, 3.05) is 5.32 Å². The summed E-state index contributed by atoms with van der Waals surface area (Å²) in [6, 6.07) is 15.4. The number of fused-ring (bicyclic) bond motifs is 3. The molecule has 0 bridgehead atoms. The number of ketones is 1. The number of hydrogen-bond acceptors (Lipinski definition) is 5. The van der Waals surface area contributed by atoms with E-state index in [0.29, 0.717) is 17.2 Å². The molecule has 2 aromatic heterocycles. The molecule has 4 aromatic rings. The van der Waals surface area contributed by atoms with Crippen molar-refractivity contribution in [3.8, 4) is 0 Å². The van der Waals surface area contributed by atoms with Gasteiger partial charge in [-0.15, -0.1) is 10.2 Å². The van der Waals surface area contributed by atoms with E-state index in [9.17, 15) is 4.79 Å². The first kappa shape index (κ1) is 19.7. The van der Waals surface area contributed by atoms with E-state index in [1.165, 1.54) is 32.1 Å². The molecule has 1 aliphatic carbocycles. The fraction of sp³-hybridized carbons (Fsp3) is 0.360. The standard InChI is InChI=1S/C25H27N5O/c1-17-28-29-25-24(26-20-12-8-3-2-4-9-13-20)27-21-15-14-19(16-22(21)30(17)25)23(31)18-10-6-5-7-11-18/h5-7,10-11,14-16,20H,2-4,8-9,12-13H2,1H3,(H,26,27). The van der Waals surface area contributed by atoms with Crippen LogP contribution in [0.25, 0.3) is 16.7 Å². The first-order valence-corrected chi connectivity index (χ1v) is 11.2. The van der Waals surface area contributed by atoms with Gasteiger partial charge in [0.1, 0.15) is 5.82 Å². The van der Waals surface area contributed by atoms with Crippen LogP contribution in [0.5, 0.6) is 0 Å². The van der Waals surface area contributed by atoms with Gasteiger partial charge in [0, 0.05) is 17.2 Å². The number of rotatable bonds is 4. The smallest absolute Gasteiger partial charge is 0.204 e. The Kier molecular flexibility index (Phi) is 5.37. The quantitative estimate of drug-likeness (QED) is 0.457. The summed E-state index contributed by atoms with van der Waals surface area (Å²) in [6.45, 7) is 1.94. The SMILES string of the molecule is Cc1nnc2c(NC3CCCCCCC3)nc3ccc(C(=O)c4ccccc4)cc3n12. The first-order chi connectivity index (χ1) is 15.2. The Bertz CT molecular complexity index is 1220. The summed E-state index contributed by atoms with van der Waals surface area (Å²) < 4.78 is 2.01. The highest BCUT2D eigenvalue weighted by Gasteiger charge is 2.19. The minimum absolute atomic E-state index is 0.00176. The first-order valence-electron chi connectivity index (χ1n) is 11.2. The molecule has 0 atom stereocenters. The van der Waals surface area contributed by atoms with Gasteiger partial charge in [0.25, 0.3) is 0 Å². The van der Waals surface area contributed by atoms with Crippen molar-refractivity contribution in [1.29, 1.82) is 0 Å². The lowest BCUT2D eigenvalue weighted by Crippen LogP contribution is -2.22. The topological polar surface area (TPSA) is 72.2 Å². The third-order valence-electron chi connectivity index (χ3n) is 6.23. The van der Waals surface area contributed by atoms with Gasteiger partial charge in [0.2, 0.25) is 5.65 Å². The van der Waals surface area contributed by atoms with Crippen molar-refractivity contribution in [2.45, 2.75) is 57.9 Å². The lowest BCUT2D eigenvalue weighted by atomic mass is 9.97. The zero-order valence-electron chi connectivity index (χ0n) is 17.8. The van der Waals surface area contributed by atoms with E-state index >= 15 is 0 Å². The van der Waals surface area contributed by atoms with Crippen LogP contribution in [0.3, 0.4) is 0 Å². The second-order valence-corrected chi connectivity index (χ2v) is 8.45. The largest absolute Gasteiger partial charge is 0.364 e. The number of aryl methyl sites for hydroxylation is 1. The molecule has 0 aliphatic heterocycles. The Labute approximate surface area is 181 Å². The van der Waals surface area contributed by atoms with E-state index in [1.807, 2.05) is 59.9 Å². The minimum atomic E-state index is -0.00176. The molecule has 0 spiro atoms. The second kappa shape index (κ2) is 8.46. The average molecular weight is 414 g/mol. The number of hydrogen-bond donors (Lipinski definition) is 1. The Balaban J connectivity index is 1.56. The number of nitrogens with one attached hydrogen (secondary N) is 1. The van der Waals surface area contributed by atoms with Crippen LogP contribution in [-0.2, 0) is 0 Å². The van der Waals surface area contributed by atoms with Crippen molar-refractivity contribution in [1.82, 2.24) is 19.6 Å². The molecule has 1 aliphatic rings. The summed E-state index contributed by atoms with van der Waals surface area (Å²) in [5.41, 5.74) is 3.71. The summed E-state index contributed by atoms with van der Waals surface area (Å²) in [7, 11) is 0. The van der Waals surface area contributed by atoms with Crippen LogP contribution in [-0.4, -0.2) is 31.4 Å². The zero-order chi connectivity index (χ0) is 21.2. The molecule has 1 saturated carbocycles. The predicted octanol–water partition coefficient (Wildman–Crippen LogP) is 5.34. The molecule has 158 valence electrons. The van der Waals surface area contributed by atoms with Crippen LogP contribution in [0.4, 0.5) is 5.82 Å². The summed E-state index contributed by atoms with van der Waals surface area (Å²) >= 11 is 0. The van der Waals surface area contributed by atoms with Gasteiger partial charge in [-0.25, -0.2) is 4.98 Å². The Morgan fingerprint density at radius 1 is 0.935 bits per heavy atom. The van der Waals surface area contributed by atoms with Crippen molar-refractivity contribution in [2.24, 2.45) is 0 Å². The predicted molar refractivity (Wildman–Crippen MR) is 123 cm³/mol. The van der Waals surface area contributed by atoms with E-state index in [4.69, 9.17) is 4.98 Å². The molecule has 1 N–H and O–H groups in total. The molecule has 2 heterocycles. The number of carbonyl (C=O) groups is 1. The Morgan fingerprint density at radius 2 is 1.68 bits per heavy atom. The highest BCUT2D eigenvalue weighted by molar-refractivity contribution is 6.10. The third kappa shape index (κ3) is 3.90. The van der Waals surface area contributed by atoms with Crippen LogP contribution in [0, 0.1) is 6.92 Å². The molecule has 0 saturated heterocycles. The monoisotopic (exact) mass is 413 g/mol. The van der Waals surface area contributed by atoms with Crippen LogP contribution in [0.2, 0.25) is 0 Å². The summed E-state index contributed by atoms with van der Waals surface area (Å²) in [5.74, 6) is 1.56. The maximum atomic E-state index is 13.0. The summed E-state index contributed by atoms with van der Waals surface area (Å²) in [4.78, 5) is 17.9. The molecule has 6 nitrogen and oxygen atoms in total. The van der Waals surface area contributed by atoms with Gasteiger partial charge in [-0.05, 0) is 38.0 Å². The fourth-order valence-electron chi connectivity index (χ4n) is 4.56. The Morgan fingerprint density at radius 3 is 2.45 bits per heavy atom.